The number of methoxy groups -OCH3 is 1. The fraction of sp³-hybridized carbons (Fsp3) is 0.200. The number of amides is 1. The van der Waals surface area contributed by atoms with Crippen LogP contribution in [0.25, 0.3) is 17.2 Å². The summed E-state index contributed by atoms with van der Waals surface area (Å²) >= 11 is 0. The van der Waals surface area contributed by atoms with E-state index in [4.69, 9.17) is 9.47 Å². The molecule has 1 heterocycles. The predicted molar refractivity (Wildman–Crippen MR) is 118 cm³/mol. The lowest BCUT2D eigenvalue weighted by atomic mass is 9.98. The van der Waals surface area contributed by atoms with Crippen molar-refractivity contribution in [3.8, 4) is 17.0 Å². The van der Waals surface area contributed by atoms with Crippen LogP contribution in [-0.4, -0.2) is 31.3 Å². The standard InChI is InChI=1S/C25H24N2O3/c1-29-24-18(10-8-16-26-24)9-6-7-15-27-25(28)30-17-23-21-13-4-2-11-19(21)20-12-3-5-14-22(20)23/h2-6,8-14,16,23H,7,15,17H2,1H3,(H,27,28). The highest BCUT2D eigenvalue weighted by atomic mass is 16.5. The molecule has 30 heavy (non-hydrogen) atoms. The van der Waals surface area contributed by atoms with E-state index in [0.717, 1.165) is 5.56 Å². The maximum absolute atomic E-state index is 12.2. The van der Waals surface area contributed by atoms with Crippen molar-refractivity contribution >= 4 is 12.2 Å². The van der Waals surface area contributed by atoms with E-state index in [-0.39, 0.29) is 5.92 Å². The van der Waals surface area contributed by atoms with Crippen molar-refractivity contribution in [2.45, 2.75) is 12.3 Å². The first-order valence-corrected chi connectivity index (χ1v) is 10.0. The van der Waals surface area contributed by atoms with Crippen LogP contribution in [0.4, 0.5) is 4.79 Å². The number of nitrogens with one attached hydrogen (secondary N) is 1. The zero-order valence-electron chi connectivity index (χ0n) is 16.9. The Labute approximate surface area is 176 Å². The molecule has 1 aliphatic carbocycles. The summed E-state index contributed by atoms with van der Waals surface area (Å²) in [5, 5.41) is 2.81. The molecule has 4 rings (SSSR count). The summed E-state index contributed by atoms with van der Waals surface area (Å²) in [4.78, 5) is 16.3. The van der Waals surface area contributed by atoms with Gasteiger partial charge in [0.15, 0.2) is 0 Å². The van der Waals surface area contributed by atoms with Crippen LogP contribution >= 0.6 is 0 Å². The van der Waals surface area contributed by atoms with Gasteiger partial charge >= 0.3 is 6.09 Å². The smallest absolute Gasteiger partial charge is 0.407 e. The molecule has 0 saturated heterocycles. The summed E-state index contributed by atoms with van der Waals surface area (Å²) in [7, 11) is 1.60. The lowest BCUT2D eigenvalue weighted by molar-refractivity contribution is 0.143. The third kappa shape index (κ3) is 4.20. The minimum absolute atomic E-state index is 0.0705. The fourth-order valence-electron chi connectivity index (χ4n) is 3.82. The van der Waals surface area contributed by atoms with E-state index in [1.165, 1.54) is 22.3 Å². The molecule has 1 aromatic heterocycles. The summed E-state index contributed by atoms with van der Waals surface area (Å²) < 4.78 is 10.8. The van der Waals surface area contributed by atoms with Gasteiger partial charge in [0, 0.05) is 24.2 Å². The second-order valence-electron chi connectivity index (χ2n) is 7.05. The van der Waals surface area contributed by atoms with Crippen LogP contribution in [0, 0.1) is 0 Å². The van der Waals surface area contributed by atoms with E-state index in [9.17, 15) is 4.79 Å². The van der Waals surface area contributed by atoms with Gasteiger partial charge < -0.3 is 14.8 Å². The van der Waals surface area contributed by atoms with Gasteiger partial charge in [-0.3, -0.25) is 0 Å². The van der Waals surface area contributed by atoms with Gasteiger partial charge in [0.1, 0.15) is 6.61 Å². The van der Waals surface area contributed by atoms with Crippen molar-refractivity contribution in [2.75, 3.05) is 20.3 Å². The second kappa shape index (κ2) is 9.27. The molecular formula is C25H24N2O3. The summed E-state index contributed by atoms with van der Waals surface area (Å²) in [6.07, 6.45) is 5.88. The van der Waals surface area contributed by atoms with Crippen molar-refractivity contribution < 1.29 is 14.3 Å². The van der Waals surface area contributed by atoms with Gasteiger partial charge in [-0.1, -0.05) is 60.7 Å². The normalized spacial score (nSPS) is 12.4. The highest BCUT2D eigenvalue weighted by Gasteiger charge is 2.28. The van der Waals surface area contributed by atoms with E-state index >= 15 is 0 Å². The minimum Gasteiger partial charge on any atom is -0.481 e. The minimum atomic E-state index is -0.399. The Morgan fingerprint density at radius 2 is 1.73 bits per heavy atom. The van der Waals surface area contributed by atoms with Crippen molar-refractivity contribution in [2.24, 2.45) is 0 Å². The predicted octanol–water partition coefficient (Wildman–Crippen LogP) is 5.03. The number of pyridine rings is 1. The maximum Gasteiger partial charge on any atom is 0.407 e. The number of hydrogen-bond acceptors (Lipinski definition) is 4. The van der Waals surface area contributed by atoms with E-state index in [2.05, 4.69) is 34.6 Å². The van der Waals surface area contributed by atoms with Gasteiger partial charge in [-0.2, -0.15) is 0 Å². The third-order valence-electron chi connectivity index (χ3n) is 5.22. The zero-order chi connectivity index (χ0) is 20.8. The van der Waals surface area contributed by atoms with Crippen LogP contribution in [0.2, 0.25) is 0 Å². The molecule has 0 fully saturated rings. The van der Waals surface area contributed by atoms with Gasteiger partial charge in [0.25, 0.3) is 0 Å². The lowest BCUT2D eigenvalue weighted by Crippen LogP contribution is -2.26. The average molecular weight is 400 g/mol. The van der Waals surface area contributed by atoms with Crippen molar-refractivity contribution in [3.05, 3.63) is 89.6 Å². The molecule has 0 atom stereocenters. The molecule has 5 nitrogen and oxygen atoms in total. The number of ether oxygens (including phenoxy) is 2. The topological polar surface area (TPSA) is 60.5 Å². The number of carbonyl (C=O) groups excluding carboxylic acids is 1. The van der Waals surface area contributed by atoms with Crippen LogP contribution in [0.15, 0.2) is 72.9 Å². The number of hydrogen-bond donors (Lipinski definition) is 1. The average Bonchev–Trinajstić information content (AvgIpc) is 3.11. The zero-order valence-corrected chi connectivity index (χ0v) is 16.9. The molecule has 1 aliphatic rings. The first-order chi connectivity index (χ1) is 14.8. The number of benzene rings is 2. The first-order valence-electron chi connectivity index (χ1n) is 10.0. The number of carbonyl (C=O) groups is 1. The Hall–Kier alpha value is -3.60. The number of aromatic nitrogens is 1. The monoisotopic (exact) mass is 400 g/mol. The SMILES string of the molecule is COc1ncccc1C=CCCNC(=O)OCC1c2ccccc2-c2ccccc21. The largest absolute Gasteiger partial charge is 0.481 e. The van der Waals surface area contributed by atoms with E-state index < -0.39 is 6.09 Å². The van der Waals surface area contributed by atoms with Crippen molar-refractivity contribution in [1.82, 2.24) is 10.3 Å². The van der Waals surface area contributed by atoms with E-state index in [0.29, 0.717) is 25.5 Å². The van der Waals surface area contributed by atoms with Crippen molar-refractivity contribution in [1.29, 1.82) is 0 Å². The fourth-order valence-corrected chi connectivity index (χ4v) is 3.82. The molecule has 0 saturated carbocycles. The van der Waals surface area contributed by atoms with Gasteiger partial charge in [-0.05, 0) is 40.8 Å². The maximum atomic E-state index is 12.2. The van der Waals surface area contributed by atoms with Gasteiger partial charge in [0.2, 0.25) is 5.88 Å². The Balaban J connectivity index is 1.28. The van der Waals surface area contributed by atoms with Crippen molar-refractivity contribution in [3.63, 3.8) is 0 Å². The molecule has 1 amide bonds. The molecule has 0 unspecified atom stereocenters. The Morgan fingerprint density at radius 3 is 2.43 bits per heavy atom. The summed E-state index contributed by atoms with van der Waals surface area (Å²) in [5.41, 5.74) is 5.76. The summed E-state index contributed by atoms with van der Waals surface area (Å²) in [6, 6.07) is 20.4. The Morgan fingerprint density at radius 1 is 1.03 bits per heavy atom. The van der Waals surface area contributed by atoms with Crippen LogP contribution < -0.4 is 10.1 Å². The first kappa shape index (κ1) is 19.7. The van der Waals surface area contributed by atoms with Crippen LogP contribution in [0.5, 0.6) is 5.88 Å². The lowest BCUT2D eigenvalue weighted by Gasteiger charge is -2.14. The Kier molecular flexibility index (Phi) is 6.09. The highest BCUT2D eigenvalue weighted by molar-refractivity contribution is 5.79. The third-order valence-corrected chi connectivity index (χ3v) is 5.22. The molecule has 0 radical (unpaired) electrons. The second-order valence-corrected chi connectivity index (χ2v) is 7.05. The number of alkyl carbamates (subject to hydrolysis) is 1. The molecule has 0 bridgehead atoms. The Bertz CT molecular complexity index is 1020. The number of nitrogens with zero attached hydrogens (tertiary/aromatic N) is 1. The summed E-state index contributed by atoms with van der Waals surface area (Å²) in [6.45, 7) is 0.818. The van der Waals surface area contributed by atoms with Crippen LogP contribution in [0.1, 0.15) is 29.0 Å². The molecular weight excluding hydrogens is 376 g/mol. The van der Waals surface area contributed by atoms with Gasteiger partial charge in [-0.15, -0.1) is 0 Å². The molecule has 0 spiro atoms. The molecule has 2 aromatic carbocycles. The molecule has 3 aromatic rings. The molecule has 5 heteroatoms. The van der Waals surface area contributed by atoms with Crippen LogP contribution in [-0.2, 0) is 4.74 Å². The molecule has 0 aliphatic heterocycles. The van der Waals surface area contributed by atoms with Crippen LogP contribution in [0.3, 0.4) is 0 Å². The molecule has 152 valence electrons. The van der Waals surface area contributed by atoms with E-state index in [1.54, 1.807) is 13.3 Å². The number of fused-ring (bicyclic) bond motifs is 3. The van der Waals surface area contributed by atoms with Gasteiger partial charge in [-0.25, -0.2) is 9.78 Å². The van der Waals surface area contributed by atoms with Gasteiger partial charge in [0.05, 0.1) is 7.11 Å². The highest BCUT2D eigenvalue weighted by Crippen LogP contribution is 2.44. The van der Waals surface area contributed by atoms with E-state index in [1.807, 2.05) is 48.6 Å². The summed E-state index contributed by atoms with van der Waals surface area (Å²) in [5.74, 6) is 0.652. The molecule has 1 N–H and O–H groups in total. The quantitative estimate of drug-likeness (QED) is 0.565. The number of rotatable bonds is 7.